The van der Waals surface area contributed by atoms with Crippen LogP contribution in [0.1, 0.15) is 55.7 Å². The molecule has 4 heteroatoms. The number of hydrogen-bond donors (Lipinski definition) is 1. The van der Waals surface area contributed by atoms with Crippen molar-refractivity contribution in [2.75, 3.05) is 19.8 Å². The van der Waals surface area contributed by atoms with Gasteiger partial charge in [0.2, 0.25) is 5.91 Å². The minimum Gasteiger partial charge on any atom is -0.381 e. The van der Waals surface area contributed by atoms with Crippen LogP contribution in [0.3, 0.4) is 0 Å². The lowest BCUT2D eigenvalue weighted by Crippen LogP contribution is -2.29. The van der Waals surface area contributed by atoms with Crippen molar-refractivity contribution in [3.8, 4) is 0 Å². The first-order valence-electron chi connectivity index (χ1n) is 8.31. The molecular weight excluding hydrogens is 278 g/mol. The average molecular weight is 303 g/mol. The second-order valence-corrected chi connectivity index (χ2v) is 6.32. The minimum absolute atomic E-state index is 0.0842. The quantitative estimate of drug-likeness (QED) is 0.910. The zero-order valence-corrected chi connectivity index (χ0v) is 13.2. The molecule has 0 bridgehead atoms. The third-order valence-electron chi connectivity index (χ3n) is 4.68. The fourth-order valence-electron chi connectivity index (χ4n) is 3.45. The van der Waals surface area contributed by atoms with Crippen LogP contribution in [-0.4, -0.2) is 31.8 Å². The van der Waals surface area contributed by atoms with Crippen molar-refractivity contribution in [3.05, 3.63) is 35.4 Å². The zero-order valence-electron chi connectivity index (χ0n) is 13.2. The molecule has 0 aromatic heterocycles. The molecule has 1 aromatic rings. The molecule has 120 valence electrons. The molecule has 22 heavy (non-hydrogen) atoms. The number of nitrogens with one attached hydrogen (secondary N) is 1. The van der Waals surface area contributed by atoms with E-state index in [1.807, 2.05) is 6.07 Å². The molecule has 4 nitrogen and oxygen atoms in total. The van der Waals surface area contributed by atoms with Gasteiger partial charge in [-0.05, 0) is 36.3 Å². The largest absolute Gasteiger partial charge is 0.381 e. The Balaban J connectivity index is 1.44. The molecule has 0 saturated carbocycles. The van der Waals surface area contributed by atoms with Crippen molar-refractivity contribution in [1.82, 2.24) is 5.32 Å². The number of fused-ring (bicyclic) bond motifs is 1. The molecule has 1 aromatic carbocycles. The molecule has 1 heterocycles. The maximum absolute atomic E-state index is 12.1. The summed E-state index contributed by atoms with van der Waals surface area (Å²) in [6.45, 7) is 4.26. The fourth-order valence-corrected chi connectivity index (χ4v) is 3.45. The normalized spacial score (nSPS) is 25.0. The van der Waals surface area contributed by atoms with Gasteiger partial charge in [0, 0.05) is 19.6 Å². The van der Waals surface area contributed by atoms with Crippen LogP contribution in [0.15, 0.2) is 24.3 Å². The van der Waals surface area contributed by atoms with Crippen molar-refractivity contribution < 1.29 is 14.3 Å². The first-order chi connectivity index (χ1) is 10.7. The van der Waals surface area contributed by atoms with Crippen molar-refractivity contribution in [1.29, 1.82) is 0 Å². The number of ether oxygens (including phenoxy) is 2. The van der Waals surface area contributed by atoms with Crippen LogP contribution in [0.25, 0.3) is 0 Å². The summed E-state index contributed by atoms with van der Waals surface area (Å²) in [5.41, 5.74) is 2.64. The molecule has 1 aliphatic carbocycles. The Labute approximate surface area is 132 Å². The summed E-state index contributed by atoms with van der Waals surface area (Å²) in [6.07, 6.45) is 3.56. The highest BCUT2D eigenvalue weighted by atomic mass is 16.5. The first-order valence-corrected chi connectivity index (χ1v) is 8.31. The first kappa shape index (κ1) is 15.5. The second-order valence-electron chi connectivity index (χ2n) is 6.32. The van der Waals surface area contributed by atoms with Crippen molar-refractivity contribution >= 4 is 5.91 Å². The number of carbonyl (C=O) groups excluding carboxylic acids is 1. The van der Waals surface area contributed by atoms with Crippen LogP contribution in [0, 0.1) is 0 Å². The second kappa shape index (κ2) is 7.25. The summed E-state index contributed by atoms with van der Waals surface area (Å²) < 4.78 is 11.1. The van der Waals surface area contributed by atoms with E-state index in [0.717, 1.165) is 32.5 Å². The molecule has 2 atom stereocenters. The Kier molecular flexibility index (Phi) is 5.11. The maximum atomic E-state index is 12.1. The smallest absolute Gasteiger partial charge is 0.222 e. The van der Waals surface area contributed by atoms with Gasteiger partial charge in [0.25, 0.3) is 0 Å². The molecule has 0 radical (unpaired) electrons. The van der Waals surface area contributed by atoms with Gasteiger partial charge >= 0.3 is 0 Å². The molecule has 0 spiro atoms. The molecule has 1 fully saturated rings. The Hall–Kier alpha value is -1.39. The fraction of sp³-hybridized carbons (Fsp3) is 0.611. The van der Waals surface area contributed by atoms with E-state index in [1.165, 1.54) is 11.1 Å². The van der Waals surface area contributed by atoms with Crippen LogP contribution in [0.5, 0.6) is 0 Å². The highest BCUT2D eigenvalue weighted by Crippen LogP contribution is 2.39. The van der Waals surface area contributed by atoms with E-state index < -0.39 is 0 Å². The van der Waals surface area contributed by atoms with E-state index in [0.29, 0.717) is 18.9 Å². The third-order valence-corrected chi connectivity index (χ3v) is 4.68. The van der Waals surface area contributed by atoms with Crippen LogP contribution in [0.2, 0.25) is 0 Å². The van der Waals surface area contributed by atoms with Gasteiger partial charge in [-0.25, -0.2) is 0 Å². The van der Waals surface area contributed by atoms with Crippen molar-refractivity contribution in [2.24, 2.45) is 0 Å². The van der Waals surface area contributed by atoms with Gasteiger partial charge in [-0.15, -0.1) is 0 Å². The molecule has 1 saturated heterocycles. The minimum atomic E-state index is 0.0842. The lowest BCUT2D eigenvalue weighted by molar-refractivity contribution is -0.124. The topological polar surface area (TPSA) is 47.6 Å². The van der Waals surface area contributed by atoms with Gasteiger partial charge in [-0.1, -0.05) is 31.2 Å². The summed E-state index contributed by atoms with van der Waals surface area (Å²) in [6, 6.07) is 8.57. The SMILES string of the molecule is C[C@H]1C[C@H](NC(=O)CCOC2CCOCC2)c2ccccc21. The van der Waals surface area contributed by atoms with Gasteiger partial charge in [0.05, 0.1) is 18.8 Å². The summed E-state index contributed by atoms with van der Waals surface area (Å²) >= 11 is 0. The molecule has 3 rings (SSSR count). The highest BCUT2D eigenvalue weighted by molar-refractivity contribution is 5.76. The monoisotopic (exact) mass is 303 g/mol. The molecule has 1 amide bonds. The van der Waals surface area contributed by atoms with Gasteiger partial charge in [0.15, 0.2) is 0 Å². The van der Waals surface area contributed by atoms with Crippen molar-refractivity contribution in [2.45, 2.75) is 50.7 Å². The molecular formula is C18H25NO3. The lowest BCUT2D eigenvalue weighted by Gasteiger charge is -2.22. The van der Waals surface area contributed by atoms with E-state index in [9.17, 15) is 4.79 Å². The number of carbonyl (C=O) groups is 1. The van der Waals surface area contributed by atoms with Crippen LogP contribution >= 0.6 is 0 Å². The number of amides is 1. The van der Waals surface area contributed by atoms with Crippen LogP contribution < -0.4 is 5.32 Å². The van der Waals surface area contributed by atoms with E-state index in [4.69, 9.17) is 9.47 Å². The standard InChI is InChI=1S/C18H25NO3/c1-13-12-17(16-5-3-2-4-15(13)16)19-18(20)8-11-22-14-6-9-21-10-7-14/h2-5,13-14,17H,6-12H2,1H3,(H,19,20)/t13-,17-/m0/s1. The zero-order chi connectivity index (χ0) is 15.4. The molecule has 2 aliphatic rings. The van der Waals surface area contributed by atoms with Crippen molar-refractivity contribution in [3.63, 3.8) is 0 Å². The van der Waals surface area contributed by atoms with Crippen LogP contribution in [0.4, 0.5) is 0 Å². The van der Waals surface area contributed by atoms with E-state index in [2.05, 4.69) is 30.4 Å². The predicted molar refractivity (Wildman–Crippen MR) is 84.8 cm³/mol. The predicted octanol–water partition coefficient (Wildman–Crippen LogP) is 2.94. The van der Waals surface area contributed by atoms with E-state index >= 15 is 0 Å². The van der Waals surface area contributed by atoms with E-state index in [1.54, 1.807) is 0 Å². The number of rotatable bonds is 5. The Morgan fingerprint density at radius 2 is 2.00 bits per heavy atom. The summed E-state index contributed by atoms with van der Waals surface area (Å²) in [5, 5.41) is 3.16. The Morgan fingerprint density at radius 1 is 1.27 bits per heavy atom. The van der Waals surface area contributed by atoms with E-state index in [-0.39, 0.29) is 18.1 Å². The molecule has 1 aliphatic heterocycles. The number of hydrogen-bond acceptors (Lipinski definition) is 3. The molecule has 1 N–H and O–H groups in total. The Bertz CT molecular complexity index is 511. The highest BCUT2D eigenvalue weighted by Gasteiger charge is 2.28. The van der Waals surface area contributed by atoms with Gasteiger partial charge < -0.3 is 14.8 Å². The van der Waals surface area contributed by atoms with Gasteiger partial charge in [0.1, 0.15) is 0 Å². The lowest BCUT2D eigenvalue weighted by atomic mass is 10.0. The maximum Gasteiger partial charge on any atom is 0.222 e. The molecule has 0 unspecified atom stereocenters. The van der Waals surface area contributed by atoms with Crippen LogP contribution in [-0.2, 0) is 14.3 Å². The summed E-state index contributed by atoms with van der Waals surface area (Å²) in [4.78, 5) is 12.1. The van der Waals surface area contributed by atoms with Gasteiger partial charge in [-0.2, -0.15) is 0 Å². The van der Waals surface area contributed by atoms with Gasteiger partial charge in [-0.3, -0.25) is 4.79 Å². The number of benzene rings is 1. The average Bonchev–Trinajstić information content (AvgIpc) is 2.85. The third kappa shape index (κ3) is 3.68. The summed E-state index contributed by atoms with van der Waals surface area (Å²) in [7, 11) is 0. The Morgan fingerprint density at radius 3 is 2.77 bits per heavy atom. The summed E-state index contributed by atoms with van der Waals surface area (Å²) in [5.74, 6) is 0.598.